The Morgan fingerprint density at radius 1 is 1.22 bits per heavy atom. The molecule has 2 saturated carbocycles. The number of carbonyl (C=O) groups excluding carboxylic acids is 2. The molecule has 0 N–H and O–H groups in total. The summed E-state index contributed by atoms with van der Waals surface area (Å²) >= 11 is 0. The third-order valence-corrected chi connectivity index (χ3v) is 5.48. The molecule has 0 aromatic carbocycles. The van der Waals surface area contributed by atoms with Crippen LogP contribution in [-0.4, -0.2) is 17.9 Å². The number of ether oxygens (including phenoxy) is 1. The number of ketones is 1. The summed E-state index contributed by atoms with van der Waals surface area (Å²) in [4.78, 5) is 24.2. The van der Waals surface area contributed by atoms with Gasteiger partial charge in [0, 0.05) is 12.0 Å². The average molecular weight is 248 g/mol. The molecular formula is C15H20O3. The lowest BCUT2D eigenvalue weighted by Gasteiger charge is -2.36. The summed E-state index contributed by atoms with van der Waals surface area (Å²) in [6.07, 6.45) is 3.29. The molecule has 0 radical (unpaired) electrons. The summed E-state index contributed by atoms with van der Waals surface area (Å²) in [5.41, 5.74) is 1.36. The minimum absolute atomic E-state index is 0.218. The molecule has 1 heterocycles. The van der Waals surface area contributed by atoms with Crippen molar-refractivity contribution < 1.29 is 14.3 Å². The van der Waals surface area contributed by atoms with Gasteiger partial charge in [-0.2, -0.15) is 0 Å². The standard InChI is InChI=1S/C15H20O3/c1-8-4-5-10-9(2)14(17)18-13(10)15(3)11(8)6-7-12(15)16/h8,11,13H,4-7H2,1-3H3/t8-,11-,13+,15-/m0/s1. The zero-order valence-electron chi connectivity index (χ0n) is 11.3. The smallest absolute Gasteiger partial charge is 0.334 e. The maximum absolute atomic E-state index is 12.4. The molecule has 4 atom stereocenters. The van der Waals surface area contributed by atoms with Crippen molar-refractivity contribution >= 4 is 11.8 Å². The Kier molecular flexibility index (Phi) is 2.45. The molecular weight excluding hydrogens is 228 g/mol. The van der Waals surface area contributed by atoms with Crippen molar-refractivity contribution in [3.05, 3.63) is 11.1 Å². The maximum atomic E-state index is 12.4. The van der Waals surface area contributed by atoms with Gasteiger partial charge < -0.3 is 4.74 Å². The third kappa shape index (κ3) is 1.30. The van der Waals surface area contributed by atoms with Gasteiger partial charge in [0.1, 0.15) is 11.9 Å². The van der Waals surface area contributed by atoms with Gasteiger partial charge in [-0.15, -0.1) is 0 Å². The summed E-state index contributed by atoms with van der Waals surface area (Å²) in [7, 11) is 0. The zero-order valence-corrected chi connectivity index (χ0v) is 11.3. The normalized spacial score (nSPS) is 43.6. The largest absolute Gasteiger partial charge is 0.453 e. The van der Waals surface area contributed by atoms with E-state index < -0.39 is 5.41 Å². The van der Waals surface area contributed by atoms with Crippen LogP contribution < -0.4 is 0 Å². The van der Waals surface area contributed by atoms with Gasteiger partial charge in [-0.1, -0.05) is 6.92 Å². The van der Waals surface area contributed by atoms with Gasteiger partial charge in [0.25, 0.3) is 0 Å². The predicted octanol–water partition coefficient (Wildman–Crippen LogP) is 2.64. The van der Waals surface area contributed by atoms with E-state index in [1.54, 1.807) is 0 Å². The first-order chi connectivity index (χ1) is 8.46. The first kappa shape index (κ1) is 11.9. The molecule has 3 nitrogen and oxygen atoms in total. The van der Waals surface area contributed by atoms with Crippen LogP contribution in [0.5, 0.6) is 0 Å². The van der Waals surface area contributed by atoms with E-state index in [-0.39, 0.29) is 17.9 Å². The van der Waals surface area contributed by atoms with Crippen LogP contribution in [0, 0.1) is 17.3 Å². The Labute approximate surface area is 108 Å². The van der Waals surface area contributed by atoms with Crippen molar-refractivity contribution in [3.63, 3.8) is 0 Å². The lowest BCUT2D eigenvalue weighted by atomic mass is 9.69. The lowest BCUT2D eigenvalue weighted by molar-refractivity contribution is -0.150. The molecule has 0 bridgehead atoms. The number of hydrogen-bond acceptors (Lipinski definition) is 3. The van der Waals surface area contributed by atoms with Crippen LogP contribution in [0.2, 0.25) is 0 Å². The van der Waals surface area contributed by atoms with E-state index in [1.807, 2.05) is 13.8 Å². The number of esters is 1. The Bertz CT molecular complexity index is 462. The lowest BCUT2D eigenvalue weighted by Crippen LogP contribution is -2.43. The van der Waals surface area contributed by atoms with Crippen LogP contribution in [0.1, 0.15) is 46.5 Å². The number of rotatable bonds is 0. The summed E-state index contributed by atoms with van der Waals surface area (Å²) in [6.45, 7) is 6.09. The quantitative estimate of drug-likeness (QED) is 0.619. The molecule has 98 valence electrons. The van der Waals surface area contributed by atoms with Crippen LogP contribution in [0.25, 0.3) is 0 Å². The van der Waals surface area contributed by atoms with Crippen molar-refractivity contribution in [3.8, 4) is 0 Å². The Balaban J connectivity index is 2.12. The van der Waals surface area contributed by atoms with Gasteiger partial charge in [0.05, 0.1) is 5.41 Å². The van der Waals surface area contributed by atoms with Crippen molar-refractivity contribution in [1.29, 1.82) is 0 Å². The van der Waals surface area contributed by atoms with E-state index in [1.165, 1.54) is 0 Å². The van der Waals surface area contributed by atoms with Gasteiger partial charge in [-0.25, -0.2) is 4.79 Å². The van der Waals surface area contributed by atoms with Crippen LogP contribution in [0.15, 0.2) is 11.1 Å². The second kappa shape index (κ2) is 3.69. The Morgan fingerprint density at radius 3 is 2.67 bits per heavy atom. The van der Waals surface area contributed by atoms with Crippen LogP contribution in [0.3, 0.4) is 0 Å². The molecule has 2 fully saturated rings. The topological polar surface area (TPSA) is 43.4 Å². The van der Waals surface area contributed by atoms with Crippen molar-refractivity contribution in [2.24, 2.45) is 17.3 Å². The van der Waals surface area contributed by atoms with Gasteiger partial charge in [-0.05, 0) is 50.5 Å². The number of Topliss-reactive ketones (excluding diaryl/α,β-unsaturated/α-hetero) is 1. The molecule has 2 aliphatic carbocycles. The second-order valence-corrected chi connectivity index (χ2v) is 6.30. The second-order valence-electron chi connectivity index (χ2n) is 6.30. The highest BCUT2D eigenvalue weighted by atomic mass is 16.5. The van der Waals surface area contributed by atoms with E-state index in [4.69, 9.17) is 4.74 Å². The van der Waals surface area contributed by atoms with Crippen LogP contribution in [-0.2, 0) is 14.3 Å². The summed E-state index contributed by atoms with van der Waals surface area (Å²) < 4.78 is 5.56. The predicted molar refractivity (Wildman–Crippen MR) is 66.8 cm³/mol. The number of hydrogen-bond donors (Lipinski definition) is 0. The first-order valence-corrected chi connectivity index (χ1v) is 6.90. The molecule has 0 spiro atoms. The van der Waals surface area contributed by atoms with E-state index in [0.29, 0.717) is 18.3 Å². The Morgan fingerprint density at radius 2 is 1.94 bits per heavy atom. The fourth-order valence-electron chi connectivity index (χ4n) is 4.26. The first-order valence-electron chi connectivity index (χ1n) is 6.90. The van der Waals surface area contributed by atoms with E-state index in [0.717, 1.165) is 30.4 Å². The monoisotopic (exact) mass is 248 g/mol. The van der Waals surface area contributed by atoms with E-state index in [9.17, 15) is 9.59 Å². The fraction of sp³-hybridized carbons (Fsp3) is 0.733. The Hall–Kier alpha value is -1.12. The molecule has 3 aliphatic rings. The highest BCUT2D eigenvalue weighted by molar-refractivity contribution is 5.95. The van der Waals surface area contributed by atoms with Crippen molar-refractivity contribution in [1.82, 2.24) is 0 Å². The summed E-state index contributed by atoms with van der Waals surface area (Å²) in [5.74, 6) is 0.965. The van der Waals surface area contributed by atoms with Gasteiger partial charge in [0.15, 0.2) is 0 Å². The number of fused-ring (bicyclic) bond motifs is 3. The number of carbonyl (C=O) groups is 2. The molecule has 0 saturated heterocycles. The third-order valence-electron chi connectivity index (χ3n) is 5.48. The average Bonchev–Trinajstić information content (AvgIpc) is 2.75. The van der Waals surface area contributed by atoms with E-state index in [2.05, 4.69) is 6.92 Å². The van der Waals surface area contributed by atoms with Crippen LogP contribution in [0.4, 0.5) is 0 Å². The molecule has 0 aromatic rings. The van der Waals surface area contributed by atoms with Crippen LogP contribution >= 0.6 is 0 Å². The molecule has 18 heavy (non-hydrogen) atoms. The highest BCUT2D eigenvalue weighted by Gasteiger charge is 2.58. The SMILES string of the molecule is CC1=C2CC[C@H](C)[C@@H]3CCC(=O)[C@@]3(C)[C@@H]2OC1=O. The highest BCUT2D eigenvalue weighted by Crippen LogP contribution is 2.55. The summed E-state index contributed by atoms with van der Waals surface area (Å²) in [6, 6.07) is 0. The molecule has 0 amide bonds. The van der Waals surface area contributed by atoms with E-state index >= 15 is 0 Å². The summed E-state index contributed by atoms with van der Waals surface area (Å²) in [5, 5.41) is 0. The van der Waals surface area contributed by atoms with Crippen molar-refractivity contribution in [2.75, 3.05) is 0 Å². The fourth-order valence-corrected chi connectivity index (χ4v) is 4.26. The molecule has 3 heteroatoms. The van der Waals surface area contributed by atoms with Crippen molar-refractivity contribution in [2.45, 2.75) is 52.6 Å². The van der Waals surface area contributed by atoms with Gasteiger partial charge in [0.2, 0.25) is 0 Å². The zero-order chi connectivity index (χ0) is 13.1. The molecule has 0 aromatic heterocycles. The molecule has 0 unspecified atom stereocenters. The molecule has 1 aliphatic heterocycles. The van der Waals surface area contributed by atoms with Gasteiger partial charge in [-0.3, -0.25) is 4.79 Å². The minimum Gasteiger partial charge on any atom is -0.453 e. The maximum Gasteiger partial charge on any atom is 0.334 e. The molecule has 3 rings (SSSR count). The minimum atomic E-state index is -0.474. The van der Waals surface area contributed by atoms with Gasteiger partial charge >= 0.3 is 5.97 Å².